The molecule has 0 aromatic rings. The van der Waals surface area contributed by atoms with Crippen molar-refractivity contribution in [1.29, 1.82) is 0 Å². The number of carboxylic acid groups (broad SMARTS) is 2. The third-order valence-corrected chi connectivity index (χ3v) is 2.10. The van der Waals surface area contributed by atoms with Gasteiger partial charge in [0.15, 0.2) is 0 Å². The van der Waals surface area contributed by atoms with Crippen LogP contribution in [0, 0.1) is 0 Å². The summed E-state index contributed by atoms with van der Waals surface area (Å²) in [5.74, 6) is -1.51. The molecule has 0 saturated heterocycles. The third kappa shape index (κ3) is 32.0. The van der Waals surface area contributed by atoms with Gasteiger partial charge in [0.25, 0.3) is 0 Å². The summed E-state index contributed by atoms with van der Waals surface area (Å²) in [4.78, 5) is 19.8. The van der Waals surface area contributed by atoms with Crippen molar-refractivity contribution in [3.63, 3.8) is 0 Å². The molecular formula is C12H24O6Y. The Morgan fingerprint density at radius 2 is 0.947 bits per heavy atom. The number of hydrogen-bond acceptors (Lipinski definition) is 4. The summed E-state index contributed by atoms with van der Waals surface area (Å²) in [5.41, 5.74) is 0. The molecule has 7 heteroatoms. The van der Waals surface area contributed by atoms with Crippen molar-refractivity contribution in [2.75, 3.05) is 13.2 Å². The predicted octanol–water partition coefficient (Wildman–Crippen LogP) is 1.24. The fourth-order valence-corrected chi connectivity index (χ4v) is 1.13. The minimum absolute atomic E-state index is 0. The van der Waals surface area contributed by atoms with Crippen LogP contribution in [0.5, 0.6) is 0 Å². The number of carbonyl (C=O) groups is 2. The Kier molecular flexibility index (Phi) is 25.6. The van der Waals surface area contributed by atoms with E-state index in [4.69, 9.17) is 20.4 Å². The van der Waals surface area contributed by atoms with Gasteiger partial charge in [-0.05, 0) is 25.7 Å². The second-order valence-electron chi connectivity index (χ2n) is 3.86. The number of unbranched alkanes of at least 4 members (excludes halogenated alkanes) is 4. The zero-order chi connectivity index (χ0) is 14.2. The summed E-state index contributed by atoms with van der Waals surface area (Å²) < 4.78 is 0. The maximum absolute atomic E-state index is 9.90. The van der Waals surface area contributed by atoms with Gasteiger partial charge in [-0.25, -0.2) is 0 Å². The monoisotopic (exact) mass is 353 g/mol. The predicted molar refractivity (Wildman–Crippen MR) is 66.4 cm³/mol. The van der Waals surface area contributed by atoms with E-state index in [1.165, 1.54) is 0 Å². The van der Waals surface area contributed by atoms with Crippen LogP contribution >= 0.6 is 0 Å². The van der Waals surface area contributed by atoms with E-state index >= 15 is 0 Å². The van der Waals surface area contributed by atoms with Gasteiger partial charge in [-0.1, -0.05) is 12.8 Å². The molecule has 0 fully saturated rings. The van der Waals surface area contributed by atoms with E-state index in [1.807, 2.05) is 0 Å². The summed E-state index contributed by atoms with van der Waals surface area (Å²) in [7, 11) is 0. The molecule has 0 saturated carbocycles. The molecular weight excluding hydrogens is 329 g/mol. The molecule has 0 rings (SSSR count). The van der Waals surface area contributed by atoms with Crippen molar-refractivity contribution >= 4 is 11.9 Å². The SMILES string of the molecule is O=C(O)CCCCCO.O=C(O)CCCCCO.[Y]. The van der Waals surface area contributed by atoms with Gasteiger partial charge in [-0.2, -0.15) is 0 Å². The van der Waals surface area contributed by atoms with Gasteiger partial charge in [0.2, 0.25) is 0 Å². The molecule has 0 unspecified atom stereocenters. The maximum Gasteiger partial charge on any atom is 0.303 e. The summed E-state index contributed by atoms with van der Waals surface area (Å²) >= 11 is 0. The largest absolute Gasteiger partial charge is 0.481 e. The molecule has 0 bridgehead atoms. The molecule has 0 spiro atoms. The van der Waals surface area contributed by atoms with Crippen molar-refractivity contribution in [1.82, 2.24) is 0 Å². The second-order valence-corrected chi connectivity index (χ2v) is 3.86. The van der Waals surface area contributed by atoms with Crippen LogP contribution in [-0.4, -0.2) is 45.6 Å². The fraction of sp³-hybridized carbons (Fsp3) is 0.833. The number of aliphatic carboxylic acids is 2. The first-order valence-electron chi connectivity index (χ1n) is 6.20. The quantitative estimate of drug-likeness (QED) is 0.440. The molecule has 6 nitrogen and oxygen atoms in total. The molecule has 0 heterocycles. The number of carboxylic acids is 2. The van der Waals surface area contributed by atoms with E-state index in [-0.39, 0.29) is 58.8 Å². The van der Waals surface area contributed by atoms with Crippen molar-refractivity contribution in [2.45, 2.75) is 51.4 Å². The Hall–Kier alpha value is -0.0361. The van der Waals surface area contributed by atoms with E-state index in [0.29, 0.717) is 25.7 Å². The topological polar surface area (TPSA) is 115 Å². The minimum Gasteiger partial charge on any atom is -0.481 e. The standard InChI is InChI=1S/2C6H12O3.Y/c2*7-5-3-1-2-4-6(8)9;/h2*7H,1-5H2,(H,8,9);. The van der Waals surface area contributed by atoms with Crippen LogP contribution in [0.4, 0.5) is 0 Å². The van der Waals surface area contributed by atoms with Gasteiger partial charge in [0.05, 0.1) is 0 Å². The van der Waals surface area contributed by atoms with Crippen molar-refractivity contribution in [3.8, 4) is 0 Å². The first-order chi connectivity index (χ1) is 8.54. The van der Waals surface area contributed by atoms with E-state index < -0.39 is 11.9 Å². The van der Waals surface area contributed by atoms with Gasteiger partial charge < -0.3 is 20.4 Å². The van der Waals surface area contributed by atoms with Crippen molar-refractivity contribution in [2.24, 2.45) is 0 Å². The number of aliphatic hydroxyl groups is 2. The minimum atomic E-state index is -0.757. The summed E-state index contributed by atoms with van der Waals surface area (Å²) in [6, 6.07) is 0. The molecule has 0 aliphatic carbocycles. The van der Waals surface area contributed by atoms with Gasteiger partial charge in [-0.3, -0.25) is 9.59 Å². The van der Waals surface area contributed by atoms with Crippen LogP contribution in [0.25, 0.3) is 0 Å². The van der Waals surface area contributed by atoms with Crippen molar-refractivity contribution < 1.29 is 62.7 Å². The Bertz CT molecular complexity index is 188. The summed E-state index contributed by atoms with van der Waals surface area (Å²) in [5, 5.41) is 32.9. The molecule has 4 N–H and O–H groups in total. The summed E-state index contributed by atoms with van der Waals surface area (Å²) in [6.07, 6.45) is 4.85. The van der Waals surface area contributed by atoms with Crippen LogP contribution in [0.3, 0.4) is 0 Å². The Morgan fingerprint density at radius 1 is 0.632 bits per heavy atom. The van der Waals surface area contributed by atoms with Crippen LogP contribution in [0.1, 0.15) is 51.4 Å². The average molecular weight is 353 g/mol. The van der Waals surface area contributed by atoms with Crippen LogP contribution in [-0.2, 0) is 42.3 Å². The summed E-state index contributed by atoms with van der Waals surface area (Å²) in [6.45, 7) is 0.333. The average Bonchev–Trinajstić information content (AvgIpc) is 2.31. The first kappa shape index (κ1) is 24.0. The molecule has 0 aromatic heterocycles. The normalized spacial score (nSPS) is 8.95. The van der Waals surface area contributed by atoms with Crippen LogP contribution in [0.15, 0.2) is 0 Å². The van der Waals surface area contributed by atoms with Gasteiger partial charge in [-0.15, -0.1) is 0 Å². The van der Waals surface area contributed by atoms with Gasteiger partial charge >= 0.3 is 11.9 Å². The Morgan fingerprint density at radius 3 is 1.16 bits per heavy atom. The molecule has 0 atom stereocenters. The molecule has 1 radical (unpaired) electrons. The van der Waals surface area contributed by atoms with E-state index in [2.05, 4.69) is 0 Å². The fourth-order valence-electron chi connectivity index (χ4n) is 1.13. The number of aliphatic hydroxyl groups excluding tert-OH is 2. The van der Waals surface area contributed by atoms with E-state index in [9.17, 15) is 9.59 Å². The van der Waals surface area contributed by atoms with Crippen molar-refractivity contribution in [3.05, 3.63) is 0 Å². The molecule has 0 aliphatic heterocycles. The zero-order valence-corrected chi connectivity index (χ0v) is 14.1. The first-order valence-corrected chi connectivity index (χ1v) is 6.20. The Labute approximate surface area is 139 Å². The molecule has 19 heavy (non-hydrogen) atoms. The smallest absolute Gasteiger partial charge is 0.303 e. The molecule has 0 aromatic carbocycles. The van der Waals surface area contributed by atoms with E-state index in [1.54, 1.807) is 0 Å². The zero-order valence-electron chi connectivity index (χ0n) is 11.3. The van der Waals surface area contributed by atoms with E-state index in [0.717, 1.165) is 12.8 Å². The van der Waals surface area contributed by atoms with Crippen LogP contribution < -0.4 is 0 Å². The Balaban J connectivity index is -0.000000256. The van der Waals surface area contributed by atoms with Gasteiger partial charge in [0.1, 0.15) is 0 Å². The molecule has 0 amide bonds. The second kappa shape index (κ2) is 20.3. The maximum atomic E-state index is 9.90. The van der Waals surface area contributed by atoms with Gasteiger partial charge in [0, 0.05) is 58.8 Å². The number of hydrogen-bond donors (Lipinski definition) is 4. The third-order valence-electron chi connectivity index (χ3n) is 2.10. The molecule has 0 aliphatic rings. The number of rotatable bonds is 10. The molecule has 111 valence electrons. The van der Waals surface area contributed by atoms with Crippen LogP contribution in [0.2, 0.25) is 0 Å².